The summed E-state index contributed by atoms with van der Waals surface area (Å²) in [5.41, 5.74) is 1.69. The molecule has 0 aliphatic rings. The quantitative estimate of drug-likeness (QED) is 0.698. The number of thiazole rings is 1. The van der Waals surface area contributed by atoms with E-state index in [0.717, 1.165) is 42.2 Å². The summed E-state index contributed by atoms with van der Waals surface area (Å²) in [6.07, 6.45) is 1.90. The van der Waals surface area contributed by atoms with E-state index < -0.39 is 0 Å². The highest BCUT2D eigenvalue weighted by Gasteiger charge is 2.21. The summed E-state index contributed by atoms with van der Waals surface area (Å²) < 4.78 is 10.6. The number of hydrogen-bond acceptors (Lipinski definition) is 5. The Morgan fingerprint density at radius 2 is 1.76 bits per heavy atom. The molecule has 0 bridgehead atoms. The monoisotopic (exact) mass is 362 g/mol. The molecule has 6 heteroatoms. The summed E-state index contributed by atoms with van der Waals surface area (Å²) in [7, 11) is 3.22. The van der Waals surface area contributed by atoms with E-state index in [2.05, 4.69) is 18.8 Å². The predicted octanol–water partition coefficient (Wildman–Crippen LogP) is 4.40. The first-order valence-electron chi connectivity index (χ1n) is 8.54. The number of nitrogens with zero attached hydrogens (tertiary/aromatic N) is 2. The number of methoxy groups -OCH3 is 2. The zero-order valence-electron chi connectivity index (χ0n) is 15.6. The van der Waals surface area contributed by atoms with Crippen LogP contribution in [0, 0.1) is 6.92 Å². The number of benzene rings is 1. The van der Waals surface area contributed by atoms with Gasteiger partial charge < -0.3 is 14.4 Å². The molecule has 0 atom stereocenters. The van der Waals surface area contributed by atoms with E-state index >= 15 is 0 Å². The van der Waals surface area contributed by atoms with Crippen molar-refractivity contribution in [3.05, 3.63) is 28.8 Å². The number of ether oxygens (including phenoxy) is 2. The summed E-state index contributed by atoms with van der Waals surface area (Å²) in [5, 5.41) is 0.815. The summed E-state index contributed by atoms with van der Waals surface area (Å²) in [6, 6.07) is 5.68. The van der Waals surface area contributed by atoms with Crippen molar-refractivity contribution in [1.82, 2.24) is 9.88 Å². The number of aryl methyl sites for hydroxylation is 1. The Bertz CT molecular complexity index is 721. The van der Waals surface area contributed by atoms with Gasteiger partial charge in [0.15, 0.2) is 11.5 Å². The van der Waals surface area contributed by atoms with E-state index in [9.17, 15) is 4.79 Å². The van der Waals surface area contributed by atoms with Crippen molar-refractivity contribution >= 4 is 17.2 Å². The second-order valence-electron chi connectivity index (χ2n) is 5.80. The number of rotatable bonds is 8. The van der Waals surface area contributed by atoms with Gasteiger partial charge in [0.25, 0.3) is 5.91 Å². The molecule has 25 heavy (non-hydrogen) atoms. The van der Waals surface area contributed by atoms with E-state index in [-0.39, 0.29) is 5.91 Å². The normalized spacial score (nSPS) is 10.6. The average molecular weight is 362 g/mol. The van der Waals surface area contributed by atoms with Gasteiger partial charge in [-0.3, -0.25) is 4.79 Å². The Labute approximate surface area is 153 Å². The molecule has 0 saturated carbocycles. The summed E-state index contributed by atoms with van der Waals surface area (Å²) in [6.45, 7) is 7.62. The van der Waals surface area contributed by atoms with Crippen LogP contribution in [0.15, 0.2) is 18.2 Å². The van der Waals surface area contributed by atoms with Crippen LogP contribution >= 0.6 is 11.3 Å². The maximum absolute atomic E-state index is 12.9. The summed E-state index contributed by atoms with van der Waals surface area (Å²) in [5.74, 6) is 1.40. The first-order chi connectivity index (χ1) is 12.0. The molecule has 1 amide bonds. The smallest absolute Gasteiger partial charge is 0.265 e. The highest BCUT2D eigenvalue weighted by molar-refractivity contribution is 7.17. The van der Waals surface area contributed by atoms with Gasteiger partial charge >= 0.3 is 0 Å². The van der Waals surface area contributed by atoms with Crippen molar-refractivity contribution < 1.29 is 14.3 Å². The number of hydrogen-bond donors (Lipinski definition) is 0. The van der Waals surface area contributed by atoms with Crippen LogP contribution in [0.3, 0.4) is 0 Å². The fourth-order valence-electron chi connectivity index (χ4n) is 2.69. The Morgan fingerprint density at radius 1 is 1.12 bits per heavy atom. The number of amides is 1. The van der Waals surface area contributed by atoms with Crippen LogP contribution in [0.5, 0.6) is 11.5 Å². The highest BCUT2D eigenvalue weighted by atomic mass is 32.1. The molecule has 0 fully saturated rings. The molecule has 0 radical (unpaired) electrons. The van der Waals surface area contributed by atoms with Gasteiger partial charge in [0.1, 0.15) is 9.88 Å². The van der Waals surface area contributed by atoms with Crippen LogP contribution < -0.4 is 9.47 Å². The van der Waals surface area contributed by atoms with E-state index in [4.69, 9.17) is 9.47 Å². The molecule has 2 aromatic rings. The second-order valence-corrected chi connectivity index (χ2v) is 6.79. The standard InChI is InChI=1S/C19H26N2O3S/c1-6-10-21(11-7-2)19(22)17-13(3)20-18(25-17)14-8-9-15(23-4)16(12-14)24-5/h8-9,12H,6-7,10-11H2,1-5H3. The van der Waals surface area contributed by atoms with E-state index in [1.165, 1.54) is 11.3 Å². The lowest BCUT2D eigenvalue weighted by atomic mass is 10.2. The molecule has 0 N–H and O–H groups in total. The lowest BCUT2D eigenvalue weighted by molar-refractivity contribution is 0.0759. The van der Waals surface area contributed by atoms with Crippen LogP contribution in [0.4, 0.5) is 0 Å². The molecule has 5 nitrogen and oxygen atoms in total. The Hall–Kier alpha value is -2.08. The maximum atomic E-state index is 12.9. The van der Waals surface area contributed by atoms with E-state index in [0.29, 0.717) is 16.4 Å². The minimum absolute atomic E-state index is 0.0745. The van der Waals surface area contributed by atoms with Gasteiger partial charge in [0.2, 0.25) is 0 Å². The van der Waals surface area contributed by atoms with Gasteiger partial charge in [-0.25, -0.2) is 4.98 Å². The van der Waals surface area contributed by atoms with Gasteiger partial charge in [-0.05, 0) is 38.0 Å². The minimum Gasteiger partial charge on any atom is -0.493 e. The molecule has 0 aliphatic carbocycles. The van der Waals surface area contributed by atoms with Crippen molar-refractivity contribution in [2.24, 2.45) is 0 Å². The van der Waals surface area contributed by atoms with Gasteiger partial charge in [-0.15, -0.1) is 11.3 Å². The van der Waals surface area contributed by atoms with Gasteiger partial charge in [0, 0.05) is 18.7 Å². The molecule has 1 heterocycles. The topological polar surface area (TPSA) is 51.7 Å². The zero-order chi connectivity index (χ0) is 18.4. The molecule has 1 aromatic heterocycles. The van der Waals surface area contributed by atoms with E-state index in [1.807, 2.05) is 30.0 Å². The van der Waals surface area contributed by atoms with Gasteiger partial charge in [-0.1, -0.05) is 13.8 Å². The molecule has 2 rings (SSSR count). The minimum atomic E-state index is 0.0745. The fourth-order valence-corrected chi connectivity index (χ4v) is 3.72. The van der Waals surface area contributed by atoms with Crippen LogP contribution in [0.2, 0.25) is 0 Å². The molecule has 0 saturated heterocycles. The molecular weight excluding hydrogens is 336 g/mol. The lowest BCUT2D eigenvalue weighted by Gasteiger charge is -2.20. The Balaban J connectivity index is 2.34. The van der Waals surface area contributed by atoms with Crippen molar-refractivity contribution in [1.29, 1.82) is 0 Å². The number of carbonyl (C=O) groups excluding carboxylic acids is 1. The highest BCUT2D eigenvalue weighted by Crippen LogP contribution is 2.35. The third kappa shape index (κ3) is 4.31. The van der Waals surface area contributed by atoms with Crippen LogP contribution in [-0.2, 0) is 0 Å². The van der Waals surface area contributed by atoms with Crippen molar-refractivity contribution in [2.75, 3.05) is 27.3 Å². The molecule has 0 spiro atoms. The average Bonchev–Trinajstić information content (AvgIpc) is 3.02. The summed E-state index contributed by atoms with van der Waals surface area (Å²) in [4.78, 5) is 20.1. The predicted molar refractivity (Wildman–Crippen MR) is 102 cm³/mol. The Kier molecular flexibility index (Phi) is 6.82. The number of carbonyl (C=O) groups is 1. The first kappa shape index (κ1) is 19.2. The van der Waals surface area contributed by atoms with Crippen molar-refractivity contribution in [3.8, 4) is 22.1 Å². The van der Waals surface area contributed by atoms with Crippen molar-refractivity contribution in [2.45, 2.75) is 33.6 Å². The first-order valence-corrected chi connectivity index (χ1v) is 9.36. The molecule has 136 valence electrons. The maximum Gasteiger partial charge on any atom is 0.265 e. The van der Waals surface area contributed by atoms with Crippen molar-refractivity contribution in [3.63, 3.8) is 0 Å². The largest absolute Gasteiger partial charge is 0.493 e. The molecule has 0 unspecified atom stereocenters. The third-order valence-corrected chi connectivity index (χ3v) is 5.09. The molecule has 1 aromatic carbocycles. The zero-order valence-corrected chi connectivity index (χ0v) is 16.4. The molecular formula is C19H26N2O3S. The Morgan fingerprint density at radius 3 is 2.32 bits per heavy atom. The third-order valence-electron chi connectivity index (χ3n) is 3.90. The second kappa shape index (κ2) is 8.85. The van der Waals surface area contributed by atoms with Crippen LogP contribution in [0.1, 0.15) is 42.1 Å². The SMILES string of the molecule is CCCN(CCC)C(=O)c1sc(-c2ccc(OC)c(OC)c2)nc1C. The van der Waals surface area contributed by atoms with Crippen LogP contribution in [0.25, 0.3) is 10.6 Å². The van der Waals surface area contributed by atoms with E-state index in [1.54, 1.807) is 14.2 Å². The fraction of sp³-hybridized carbons (Fsp3) is 0.474. The van der Waals surface area contributed by atoms with Crippen LogP contribution in [-0.4, -0.2) is 43.1 Å². The lowest BCUT2D eigenvalue weighted by Crippen LogP contribution is -2.32. The molecule has 0 aliphatic heterocycles. The summed E-state index contributed by atoms with van der Waals surface area (Å²) >= 11 is 1.43. The van der Waals surface area contributed by atoms with Gasteiger partial charge in [-0.2, -0.15) is 0 Å². The number of aromatic nitrogens is 1. The van der Waals surface area contributed by atoms with Gasteiger partial charge in [0.05, 0.1) is 19.9 Å².